The van der Waals surface area contributed by atoms with Gasteiger partial charge in [0.15, 0.2) is 6.10 Å². The monoisotopic (exact) mass is 555 g/mol. The number of pyridine rings is 1. The first-order valence-electron chi connectivity index (χ1n) is 11.2. The number of ether oxygens (including phenoxy) is 1. The number of fused-ring (bicyclic) bond motifs is 1. The molecule has 36 heavy (non-hydrogen) atoms. The van der Waals surface area contributed by atoms with Crippen LogP contribution < -0.4 is 0 Å². The Morgan fingerprint density at radius 2 is 1.47 bits per heavy atom. The van der Waals surface area contributed by atoms with Crippen LogP contribution in [0.4, 0.5) is 0 Å². The quantitative estimate of drug-likeness (QED) is 0.157. The number of ketones is 1. The summed E-state index contributed by atoms with van der Waals surface area (Å²) in [6.45, 7) is 0. The van der Waals surface area contributed by atoms with E-state index in [1.54, 1.807) is 54.6 Å². The van der Waals surface area contributed by atoms with Gasteiger partial charge < -0.3 is 4.74 Å². The molecule has 6 heteroatoms. The number of hydrogen-bond acceptors (Lipinski definition) is 4. The van der Waals surface area contributed by atoms with Gasteiger partial charge in [-0.15, -0.1) is 0 Å². The van der Waals surface area contributed by atoms with Gasteiger partial charge in [0.1, 0.15) is 0 Å². The second kappa shape index (κ2) is 10.4. The summed E-state index contributed by atoms with van der Waals surface area (Å²) in [5.41, 5.74) is 3.45. The first-order chi connectivity index (χ1) is 17.5. The van der Waals surface area contributed by atoms with Crippen molar-refractivity contribution in [2.75, 3.05) is 0 Å². The van der Waals surface area contributed by atoms with Crippen LogP contribution in [0, 0.1) is 0 Å². The third-order valence-corrected chi connectivity index (χ3v) is 6.50. The van der Waals surface area contributed by atoms with Gasteiger partial charge in [-0.05, 0) is 48.5 Å². The fourth-order valence-corrected chi connectivity index (χ4v) is 4.45. The Kier molecular flexibility index (Phi) is 6.94. The molecule has 5 rings (SSSR count). The molecule has 0 aliphatic heterocycles. The molecule has 1 atom stereocenters. The summed E-state index contributed by atoms with van der Waals surface area (Å²) in [6, 6.07) is 32.4. The normalized spacial score (nSPS) is 11.7. The molecule has 0 amide bonds. The lowest BCUT2D eigenvalue weighted by molar-refractivity contribution is 0.0282. The van der Waals surface area contributed by atoms with Crippen LogP contribution in [0.25, 0.3) is 22.2 Å². The average molecular weight is 557 g/mol. The first kappa shape index (κ1) is 23.9. The zero-order chi connectivity index (χ0) is 25.1. The van der Waals surface area contributed by atoms with Crippen molar-refractivity contribution in [3.63, 3.8) is 0 Å². The number of aromatic nitrogens is 1. The third kappa shape index (κ3) is 5.08. The molecule has 0 aliphatic carbocycles. The van der Waals surface area contributed by atoms with Gasteiger partial charge in [0.2, 0.25) is 5.78 Å². The van der Waals surface area contributed by atoms with Gasteiger partial charge in [0.25, 0.3) is 0 Å². The van der Waals surface area contributed by atoms with Gasteiger partial charge in [-0.3, -0.25) is 4.79 Å². The SMILES string of the molecule is O=C(OC(C(=O)c1ccc(Cl)cc1)c1ccccc1)c1cc(-c2ccccc2)nc2ccc(Br)cc12. The van der Waals surface area contributed by atoms with Crippen molar-refractivity contribution < 1.29 is 14.3 Å². The van der Waals surface area contributed by atoms with E-state index in [4.69, 9.17) is 21.3 Å². The van der Waals surface area contributed by atoms with Crippen LogP contribution in [-0.4, -0.2) is 16.7 Å². The average Bonchev–Trinajstić information content (AvgIpc) is 2.92. The van der Waals surface area contributed by atoms with E-state index >= 15 is 0 Å². The summed E-state index contributed by atoms with van der Waals surface area (Å²) in [4.78, 5) is 31.9. The highest BCUT2D eigenvalue weighted by Crippen LogP contribution is 2.30. The van der Waals surface area contributed by atoms with Crippen molar-refractivity contribution >= 4 is 50.2 Å². The molecule has 0 spiro atoms. The predicted molar refractivity (Wildman–Crippen MR) is 145 cm³/mol. The molecular weight excluding hydrogens is 538 g/mol. The summed E-state index contributed by atoms with van der Waals surface area (Å²) in [6.07, 6.45) is -1.13. The van der Waals surface area contributed by atoms with Gasteiger partial charge in [-0.1, -0.05) is 88.2 Å². The maximum Gasteiger partial charge on any atom is 0.339 e. The number of rotatable bonds is 6. The highest BCUT2D eigenvalue weighted by atomic mass is 79.9. The second-order valence-electron chi connectivity index (χ2n) is 8.15. The Morgan fingerprint density at radius 1 is 0.806 bits per heavy atom. The molecule has 1 unspecified atom stereocenters. The van der Waals surface area contributed by atoms with Gasteiger partial charge >= 0.3 is 5.97 Å². The Morgan fingerprint density at radius 3 is 2.17 bits per heavy atom. The minimum Gasteiger partial charge on any atom is -0.445 e. The number of nitrogens with zero attached hydrogens (tertiary/aromatic N) is 1. The zero-order valence-corrected chi connectivity index (χ0v) is 21.2. The second-order valence-corrected chi connectivity index (χ2v) is 9.50. The van der Waals surface area contributed by atoms with Crippen LogP contribution in [0.3, 0.4) is 0 Å². The Hall–Kier alpha value is -3.80. The lowest BCUT2D eigenvalue weighted by atomic mass is 9.99. The number of carbonyl (C=O) groups excluding carboxylic acids is 2. The van der Waals surface area contributed by atoms with E-state index < -0.39 is 12.1 Å². The summed E-state index contributed by atoms with van der Waals surface area (Å²) < 4.78 is 6.74. The van der Waals surface area contributed by atoms with Crippen LogP contribution in [0.5, 0.6) is 0 Å². The van der Waals surface area contributed by atoms with E-state index in [9.17, 15) is 9.59 Å². The van der Waals surface area contributed by atoms with Crippen molar-refractivity contribution in [3.8, 4) is 11.3 Å². The van der Waals surface area contributed by atoms with Gasteiger partial charge in [-0.25, -0.2) is 9.78 Å². The molecule has 176 valence electrons. The van der Waals surface area contributed by atoms with Crippen molar-refractivity contribution in [1.82, 2.24) is 4.98 Å². The number of hydrogen-bond donors (Lipinski definition) is 0. The lowest BCUT2D eigenvalue weighted by Gasteiger charge is -2.18. The maximum absolute atomic E-state index is 13.7. The highest BCUT2D eigenvalue weighted by molar-refractivity contribution is 9.10. The molecule has 4 aromatic carbocycles. The summed E-state index contributed by atoms with van der Waals surface area (Å²) in [7, 11) is 0. The maximum atomic E-state index is 13.7. The molecular formula is C30H19BrClNO3. The van der Waals surface area contributed by atoms with E-state index in [1.807, 2.05) is 54.6 Å². The van der Waals surface area contributed by atoms with Crippen LogP contribution in [0.2, 0.25) is 5.02 Å². The zero-order valence-electron chi connectivity index (χ0n) is 18.9. The fourth-order valence-electron chi connectivity index (χ4n) is 3.96. The standard InChI is InChI=1S/C30H19BrClNO3/c31-22-13-16-26-24(17-22)25(18-27(33-26)19-7-3-1-4-8-19)30(35)36-29(21-9-5-2-6-10-21)28(34)20-11-14-23(32)15-12-20/h1-18,29H. The molecule has 0 aliphatic rings. The van der Waals surface area contributed by atoms with Crippen LogP contribution >= 0.6 is 27.5 Å². The largest absolute Gasteiger partial charge is 0.445 e. The number of Topliss-reactive ketones (excluding diaryl/α,β-unsaturated/α-hetero) is 1. The van der Waals surface area contributed by atoms with Crippen molar-refractivity contribution in [2.45, 2.75) is 6.10 Å². The predicted octanol–water partition coefficient (Wildman–Crippen LogP) is 8.10. The van der Waals surface area contributed by atoms with E-state index in [0.29, 0.717) is 38.3 Å². The smallest absolute Gasteiger partial charge is 0.339 e. The Bertz CT molecular complexity index is 1550. The molecule has 5 aromatic rings. The molecule has 4 nitrogen and oxygen atoms in total. The van der Waals surface area contributed by atoms with Gasteiger partial charge in [0, 0.05) is 31.6 Å². The van der Waals surface area contributed by atoms with Gasteiger partial charge in [0.05, 0.1) is 16.8 Å². The Labute approximate surface area is 221 Å². The number of halogens is 2. The number of carbonyl (C=O) groups is 2. The lowest BCUT2D eigenvalue weighted by Crippen LogP contribution is -2.20. The van der Waals surface area contributed by atoms with Crippen molar-refractivity contribution in [2.24, 2.45) is 0 Å². The van der Waals surface area contributed by atoms with Crippen LogP contribution in [-0.2, 0) is 4.74 Å². The molecule has 1 heterocycles. The van der Waals surface area contributed by atoms with E-state index in [1.165, 1.54) is 0 Å². The van der Waals surface area contributed by atoms with Gasteiger partial charge in [-0.2, -0.15) is 0 Å². The minimum absolute atomic E-state index is 0.324. The first-order valence-corrected chi connectivity index (χ1v) is 12.4. The van der Waals surface area contributed by atoms with Crippen LogP contribution in [0.1, 0.15) is 32.4 Å². The van der Waals surface area contributed by atoms with E-state index in [0.717, 1.165) is 10.0 Å². The number of esters is 1. The molecule has 1 aromatic heterocycles. The summed E-state index contributed by atoms with van der Waals surface area (Å²) in [5, 5.41) is 1.14. The van der Waals surface area contributed by atoms with Crippen molar-refractivity contribution in [3.05, 3.63) is 135 Å². The summed E-state index contributed by atoms with van der Waals surface area (Å²) in [5.74, 6) is -0.956. The molecule has 0 saturated heterocycles. The molecule has 0 N–H and O–H groups in total. The van der Waals surface area contributed by atoms with E-state index in [2.05, 4.69) is 15.9 Å². The molecule has 0 bridgehead atoms. The van der Waals surface area contributed by atoms with E-state index in [-0.39, 0.29) is 5.78 Å². The highest BCUT2D eigenvalue weighted by Gasteiger charge is 2.28. The number of benzene rings is 4. The van der Waals surface area contributed by atoms with Crippen LogP contribution in [0.15, 0.2) is 114 Å². The Balaban J connectivity index is 1.59. The topological polar surface area (TPSA) is 56.3 Å². The molecule has 0 radical (unpaired) electrons. The van der Waals surface area contributed by atoms with Crippen molar-refractivity contribution in [1.29, 1.82) is 0 Å². The summed E-state index contributed by atoms with van der Waals surface area (Å²) >= 11 is 9.49. The fraction of sp³-hybridized carbons (Fsp3) is 0.0333. The third-order valence-electron chi connectivity index (χ3n) is 5.75. The minimum atomic E-state index is -1.13. The molecule has 0 fully saturated rings. The molecule has 0 saturated carbocycles.